The van der Waals surface area contributed by atoms with Gasteiger partial charge in [0.05, 0.1) is 4.34 Å². The van der Waals surface area contributed by atoms with Crippen LogP contribution in [0.25, 0.3) is 0 Å². The second-order valence-electron chi connectivity index (χ2n) is 7.12. The molecule has 136 valence electrons. The molecule has 24 heavy (non-hydrogen) atoms. The van der Waals surface area contributed by atoms with Crippen molar-refractivity contribution in [2.75, 3.05) is 6.61 Å². The first-order chi connectivity index (χ1) is 10.9. The van der Waals surface area contributed by atoms with Gasteiger partial charge in [-0.1, -0.05) is 11.6 Å². The third-order valence-corrected chi connectivity index (χ3v) is 3.73. The van der Waals surface area contributed by atoms with Gasteiger partial charge in [-0.05, 0) is 53.7 Å². The summed E-state index contributed by atoms with van der Waals surface area (Å²) < 4.78 is 16.0. The van der Waals surface area contributed by atoms with Crippen molar-refractivity contribution in [3.63, 3.8) is 0 Å². The molecular formula is C16H24ClNO5S. The minimum atomic E-state index is -0.804. The number of hydrogen-bond acceptors (Lipinski definition) is 6. The number of alkyl carbamates (subject to hydrolysis) is 1. The molecule has 1 amide bonds. The van der Waals surface area contributed by atoms with Crippen LogP contribution < -0.4 is 5.32 Å². The van der Waals surface area contributed by atoms with Crippen molar-refractivity contribution in [3.8, 4) is 0 Å². The van der Waals surface area contributed by atoms with E-state index in [0.717, 1.165) is 4.88 Å². The molecule has 6 nitrogen and oxygen atoms in total. The summed E-state index contributed by atoms with van der Waals surface area (Å²) >= 11 is 7.22. The highest BCUT2D eigenvalue weighted by Crippen LogP contribution is 2.27. The third kappa shape index (κ3) is 8.40. The number of hydrogen-bond donors (Lipinski definition) is 1. The second-order valence-corrected chi connectivity index (χ2v) is 8.86. The van der Waals surface area contributed by atoms with E-state index in [1.807, 2.05) is 0 Å². The fraction of sp³-hybridized carbons (Fsp3) is 0.625. The predicted octanol–water partition coefficient (Wildman–Crippen LogP) is 4.92. The van der Waals surface area contributed by atoms with Crippen LogP contribution in [0, 0.1) is 0 Å². The van der Waals surface area contributed by atoms with Gasteiger partial charge < -0.3 is 19.5 Å². The zero-order valence-electron chi connectivity index (χ0n) is 14.8. The molecule has 0 aliphatic rings. The van der Waals surface area contributed by atoms with Crippen molar-refractivity contribution < 1.29 is 23.8 Å². The summed E-state index contributed by atoms with van der Waals surface area (Å²) in [5.41, 5.74) is -1.29. The first-order valence-corrected chi connectivity index (χ1v) is 8.66. The smallest absolute Gasteiger partial charge is 0.444 e. The molecule has 0 fully saturated rings. The molecule has 0 aliphatic heterocycles. The van der Waals surface area contributed by atoms with E-state index in [1.54, 1.807) is 53.7 Å². The van der Waals surface area contributed by atoms with Gasteiger partial charge in [-0.3, -0.25) is 0 Å². The minimum Gasteiger partial charge on any atom is -0.444 e. The molecule has 1 aromatic rings. The molecule has 0 radical (unpaired) electrons. The Labute approximate surface area is 151 Å². The maximum atomic E-state index is 12.0. The van der Waals surface area contributed by atoms with Crippen LogP contribution >= 0.6 is 22.9 Å². The molecule has 1 atom stereocenters. The average molecular weight is 378 g/mol. The van der Waals surface area contributed by atoms with E-state index >= 15 is 0 Å². The van der Waals surface area contributed by atoms with Crippen molar-refractivity contribution in [1.29, 1.82) is 0 Å². The van der Waals surface area contributed by atoms with E-state index in [2.05, 4.69) is 5.32 Å². The highest BCUT2D eigenvalue weighted by molar-refractivity contribution is 7.16. The largest absolute Gasteiger partial charge is 0.508 e. The Kier molecular flexibility index (Phi) is 6.92. The van der Waals surface area contributed by atoms with Gasteiger partial charge >= 0.3 is 12.2 Å². The monoisotopic (exact) mass is 377 g/mol. The van der Waals surface area contributed by atoms with E-state index in [0.29, 0.717) is 4.34 Å². The Bertz CT molecular complexity index is 574. The zero-order valence-corrected chi connectivity index (χ0v) is 16.3. The van der Waals surface area contributed by atoms with Crippen molar-refractivity contribution in [1.82, 2.24) is 5.32 Å². The van der Waals surface area contributed by atoms with Crippen LogP contribution in [0.1, 0.15) is 52.5 Å². The number of thiophene rings is 1. The lowest BCUT2D eigenvalue weighted by Gasteiger charge is -2.24. The van der Waals surface area contributed by atoms with Crippen LogP contribution in [0.15, 0.2) is 12.1 Å². The Morgan fingerprint density at radius 1 is 1.12 bits per heavy atom. The summed E-state index contributed by atoms with van der Waals surface area (Å²) in [6.45, 7) is 10.4. The Hall–Kier alpha value is -1.47. The van der Waals surface area contributed by atoms with E-state index < -0.39 is 29.5 Å². The molecule has 0 unspecified atom stereocenters. The number of amides is 1. The van der Waals surface area contributed by atoms with E-state index in [-0.39, 0.29) is 6.61 Å². The normalized spacial score (nSPS) is 13.1. The number of carbonyl (C=O) groups excluding carboxylic acids is 2. The lowest BCUT2D eigenvalue weighted by Crippen LogP contribution is -2.37. The fourth-order valence-electron chi connectivity index (χ4n) is 1.59. The lowest BCUT2D eigenvalue weighted by molar-refractivity contribution is -0.0119. The second kappa shape index (κ2) is 8.07. The van der Waals surface area contributed by atoms with Crippen LogP contribution in [-0.4, -0.2) is 30.1 Å². The van der Waals surface area contributed by atoms with Gasteiger partial charge in [-0.15, -0.1) is 11.3 Å². The fourth-order valence-corrected chi connectivity index (χ4v) is 2.69. The number of halogens is 1. The van der Waals surface area contributed by atoms with Gasteiger partial charge in [-0.25, -0.2) is 9.59 Å². The molecule has 0 saturated heterocycles. The first-order valence-electron chi connectivity index (χ1n) is 7.46. The quantitative estimate of drug-likeness (QED) is 0.754. The molecule has 8 heteroatoms. The first kappa shape index (κ1) is 20.6. The number of nitrogens with one attached hydrogen (secondary N) is 1. The molecule has 0 bridgehead atoms. The summed E-state index contributed by atoms with van der Waals surface area (Å²) in [5, 5.41) is 2.68. The average Bonchev–Trinajstić information content (AvgIpc) is 2.76. The van der Waals surface area contributed by atoms with Gasteiger partial charge in [0.1, 0.15) is 23.9 Å². The number of rotatable bonds is 4. The van der Waals surface area contributed by atoms with Crippen molar-refractivity contribution in [2.24, 2.45) is 0 Å². The maximum absolute atomic E-state index is 12.0. The number of ether oxygens (including phenoxy) is 3. The third-order valence-electron chi connectivity index (χ3n) is 2.39. The highest BCUT2D eigenvalue weighted by Gasteiger charge is 2.24. The summed E-state index contributed by atoms with van der Waals surface area (Å²) in [4.78, 5) is 24.4. The molecule has 1 rings (SSSR count). The Balaban J connectivity index is 2.72. The molecule has 1 heterocycles. The summed E-state index contributed by atoms with van der Waals surface area (Å²) in [6, 6.07) is 2.89. The molecule has 1 aromatic heterocycles. The molecule has 0 spiro atoms. The SMILES string of the molecule is CC(C)(C)OC(=O)N[C@@H](COC(=O)OC(C)(C)C)c1ccc(Cl)s1. The van der Waals surface area contributed by atoms with Gasteiger partial charge in [0.2, 0.25) is 0 Å². The van der Waals surface area contributed by atoms with Gasteiger partial charge in [0, 0.05) is 4.88 Å². The zero-order chi connectivity index (χ0) is 18.5. The van der Waals surface area contributed by atoms with Crippen LogP contribution in [0.4, 0.5) is 9.59 Å². The van der Waals surface area contributed by atoms with Gasteiger partial charge in [0.15, 0.2) is 0 Å². The van der Waals surface area contributed by atoms with E-state index in [4.69, 9.17) is 25.8 Å². The lowest BCUT2D eigenvalue weighted by atomic mass is 10.2. The maximum Gasteiger partial charge on any atom is 0.508 e. The summed E-state index contributed by atoms with van der Waals surface area (Å²) in [5.74, 6) is 0. The van der Waals surface area contributed by atoms with Gasteiger partial charge in [-0.2, -0.15) is 0 Å². The van der Waals surface area contributed by atoms with Gasteiger partial charge in [0.25, 0.3) is 0 Å². The van der Waals surface area contributed by atoms with Crippen LogP contribution in [0.2, 0.25) is 4.34 Å². The predicted molar refractivity (Wildman–Crippen MR) is 93.6 cm³/mol. The summed E-state index contributed by atoms with van der Waals surface area (Å²) in [7, 11) is 0. The molecule has 0 saturated carbocycles. The van der Waals surface area contributed by atoms with Crippen LogP contribution in [0.5, 0.6) is 0 Å². The standard InChI is InChI=1S/C16H24ClNO5S/c1-15(2,3)22-13(19)18-10(11-7-8-12(17)24-11)9-21-14(20)23-16(4,5)6/h7-8,10H,9H2,1-6H3,(H,18,19)/t10-/m0/s1. The highest BCUT2D eigenvalue weighted by atomic mass is 35.5. The number of carbonyl (C=O) groups is 2. The molecule has 0 aromatic carbocycles. The Morgan fingerprint density at radius 2 is 1.71 bits per heavy atom. The molecule has 1 N–H and O–H groups in total. The minimum absolute atomic E-state index is 0.0923. The van der Waals surface area contributed by atoms with E-state index in [9.17, 15) is 9.59 Å². The summed E-state index contributed by atoms with van der Waals surface area (Å²) in [6.07, 6.45) is -1.41. The molecular weight excluding hydrogens is 354 g/mol. The van der Waals surface area contributed by atoms with Crippen LogP contribution in [0.3, 0.4) is 0 Å². The molecule has 0 aliphatic carbocycles. The van der Waals surface area contributed by atoms with Crippen molar-refractivity contribution in [3.05, 3.63) is 21.3 Å². The van der Waals surface area contributed by atoms with Crippen LogP contribution in [-0.2, 0) is 14.2 Å². The Morgan fingerprint density at radius 3 is 2.17 bits per heavy atom. The van der Waals surface area contributed by atoms with Crippen molar-refractivity contribution in [2.45, 2.75) is 58.8 Å². The van der Waals surface area contributed by atoms with Crippen molar-refractivity contribution >= 4 is 35.2 Å². The topological polar surface area (TPSA) is 73.9 Å². The van der Waals surface area contributed by atoms with E-state index in [1.165, 1.54) is 11.3 Å².